The number of nitrogens with zero attached hydrogens (tertiary/aromatic N) is 2. The van der Waals surface area contributed by atoms with E-state index in [-0.39, 0.29) is 21.8 Å². The van der Waals surface area contributed by atoms with Gasteiger partial charge in [0.05, 0.1) is 22.9 Å². The molecule has 6 nitrogen and oxygen atoms in total. The van der Waals surface area contributed by atoms with E-state index in [0.29, 0.717) is 5.56 Å². The second-order valence-corrected chi connectivity index (χ2v) is 9.41. The Kier molecular flexibility index (Phi) is 5.17. The van der Waals surface area contributed by atoms with Crippen molar-refractivity contribution in [2.75, 3.05) is 5.75 Å². The van der Waals surface area contributed by atoms with Gasteiger partial charge in [-0.2, -0.15) is 18.3 Å². The zero-order chi connectivity index (χ0) is 21.7. The molecule has 0 bridgehead atoms. The SMILES string of the molecule is NS(=O)(=O)c1ccc(-n2nc(C(F)(F)F)cc2-c2ccc3c(c2)CCS3)cc1CO. The summed E-state index contributed by atoms with van der Waals surface area (Å²) in [6.45, 7) is -0.654. The highest BCUT2D eigenvalue weighted by molar-refractivity contribution is 7.99. The van der Waals surface area contributed by atoms with Crippen molar-refractivity contribution in [2.45, 2.75) is 29.0 Å². The van der Waals surface area contributed by atoms with E-state index in [4.69, 9.17) is 5.14 Å². The van der Waals surface area contributed by atoms with Crippen LogP contribution in [0.15, 0.2) is 52.3 Å². The molecule has 158 valence electrons. The van der Waals surface area contributed by atoms with Crippen molar-refractivity contribution in [1.82, 2.24) is 9.78 Å². The van der Waals surface area contributed by atoms with Crippen LogP contribution in [0.4, 0.5) is 13.2 Å². The first-order chi connectivity index (χ1) is 14.1. The molecule has 0 fully saturated rings. The number of aryl methyl sites for hydroxylation is 1. The number of benzene rings is 2. The van der Waals surface area contributed by atoms with Gasteiger partial charge in [-0.25, -0.2) is 18.2 Å². The van der Waals surface area contributed by atoms with Crippen LogP contribution in [0.25, 0.3) is 16.9 Å². The van der Waals surface area contributed by atoms with Gasteiger partial charge in [0, 0.05) is 16.2 Å². The van der Waals surface area contributed by atoms with Crippen LogP contribution in [0.2, 0.25) is 0 Å². The van der Waals surface area contributed by atoms with E-state index in [1.165, 1.54) is 12.1 Å². The Hall–Kier alpha value is -2.34. The first kappa shape index (κ1) is 20.9. The monoisotopic (exact) mass is 455 g/mol. The lowest BCUT2D eigenvalue weighted by Crippen LogP contribution is -2.15. The molecule has 2 heterocycles. The number of halogens is 3. The maximum Gasteiger partial charge on any atom is 0.435 e. The van der Waals surface area contributed by atoms with E-state index in [2.05, 4.69) is 5.10 Å². The van der Waals surface area contributed by atoms with Gasteiger partial charge in [0.1, 0.15) is 0 Å². The second-order valence-electron chi connectivity index (χ2n) is 6.74. The Balaban J connectivity index is 1.91. The van der Waals surface area contributed by atoms with Gasteiger partial charge in [0.2, 0.25) is 10.0 Å². The highest BCUT2D eigenvalue weighted by Gasteiger charge is 2.35. The van der Waals surface area contributed by atoms with Gasteiger partial charge in [-0.05, 0) is 53.9 Å². The fourth-order valence-corrected chi connectivity index (χ4v) is 5.17. The quantitative estimate of drug-likeness (QED) is 0.629. The minimum atomic E-state index is -4.66. The molecule has 2 aromatic carbocycles. The molecule has 0 radical (unpaired) electrons. The Morgan fingerprint density at radius 1 is 1.17 bits per heavy atom. The van der Waals surface area contributed by atoms with Crippen molar-refractivity contribution in [3.05, 3.63) is 59.3 Å². The number of alkyl halides is 3. The van der Waals surface area contributed by atoms with Gasteiger partial charge >= 0.3 is 6.18 Å². The molecular weight excluding hydrogens is 439 g/mol. The number of hydrogen-bond acceptors (Lipinski definition) is 5. The number of aromatic nitrogens is 2. The maximum absolute atomic E-state index is 13.4. The predicted molar refractivity (Wildman–Crippen MR) is 106 cm³/mol. The van der Waals surface area contributed by atoms with Crippen LogP contribution in [0, 0.1) is 0 Å². The zero-order valence-electron chi connectivity index (χ0n) is 15.3. The Morgan fingerprint density at radius 3 is 2.60 bits per heavy atom. The molecule has 0 spiro atoms. The first-order valence-corrected chi connectivity index (χ1v) is 11.3. The van der Waals surface area contributed by atoms with Crippen molar-refractivity contribution in [1.29, 1.82) is 0 Å². The summed E-state index contributed by atoms with van der Waals surface area (Å²) in [5.74, 6) is 0.917. The van der Waals surface area contributed by atoms with E-state index in [0.717, 1.165) is 39.4 Å². The minimum Gasteiger partial charge on any atom is -0.392 e. The number of rotatable bonds is 4. The number of primary sulfonamides is 1. The van der Waals surface area contributed by atoms with Crippen molar-refractivity contribution in [3.63, 3.8) is 0 Å². The number of thioether (sulfide) groups is 1. The average Bonchev–Trinajstić information content (AvgIpc) is 3.32. The van der Waals surface area contributed by atoms with Crippen molar-refractivity contribution in [3.8, 4) is 16.9 Å². The molecule has 4 rings (SSSR count). The summed E-state index contributed by atoms with van der Waals surface area (Å²) in [6.07, 6.45) is -3.83. The van der Waals surface area contributed by atoms with Gasteiger partial charge in [-0.15, -0.1) is 11.8 Å². The fourth-order valence-electron chi connectivity index (χ4n) is 3.37. The smallest absolute Gasteiger partial charge is 0.392 e. The van der Waals surface area contributed by atoms with E-state index in [1.807, 2.05) is 12.1 Å². The van der Waals surface area contributed by atoms with Crippen LogP contribution in [-0.4, -0.2) is 29.1 Å². The molecule has 0 aliphatic carbocycles. The van der Waals surface area contributed by atoms with Crippen molar-refractivity contribution in [2.24, 2.45) is 5.14 Å². The lowest BCUT2D eigenvalue weighted by atomic mass is 10.1. The number of aliphatic hydroxyl groups excluding tert-OH is 1. The summed E-state index contributed by atoms with van der Waals surface area (Å²) in [5, 5.41) is 18.4. The predicted octanol–water partition coefficient (Wildman–Crippen LogP) is 3.35. The van der Waals surface area contributed by atoms with Crippen LogP contribution in [0.3, 0.4) is 0 Å². The zero-order valence-corrected chi connectivity index (χ0v) is 17.0. The molecular formula is C19H16F3N3O3S2. The summed E-state index contributed by atoms with van der Waals surface area (Å²) in [5.41, 5.74) is 0.879. The normalized spacial score (nSPS) is 14.2. The van der Waals surface area contributed by atoms with E-state index in [9.17, 15) is 26.7 Å². The lowest BCUT2D eigenvalue weighted by Gasteiger charge is -2.12. The van der Waals surface area contributed by atoms with Gasteiger partial charge < -0.3 is 5.11 Å². The first-order valence-electron chi connectivity index (χ1n) is 8.78. The summed E-state index contributed by atoms with van der Waals surface area (Å²) in [4.78, 5) is 0.800. The van der Waals surface area contributed by atoms with Gasteiger partial charge in [0.25, 0.3) is 0 Å². The number of nitrogens with two attached hydrogens (primary N) is 1. The Morgan fingerprint density at radius 2 is 1.93 bits per heavy atom. The van der Waals surface area contributed by atoms with E-state index in [1.54, 1.807) is 17.8 Å². The molecule has 3 aromatic rings. The van der Waals surface area contributed by atoms with Crippen molar-refractivity contribution < 1.29 is 26.7 Å². The second kappa shape index (κ2) is 7.41. The summed E-state index contributed by atoms with van der Waals surface area (Å²) < 4.78 is 64.6. The number of hydrogen-bond donors (Lipinski definition) is 2. The Labute approximate surface area is 174 Å². The molecule has 0 unspecified atom stereocenters. The van der Waals surface area contributed by atoms with Crippen LogP contribution in [-0.2, 0) is 29.2 Å². The topological polar surface area (TPSA) is 98.2 Å². The standard InChI is InChI=1S/C19H16F3N3O3S2/c20-19(21,22)18-9-15(11-1-3-16-12(7-11)5-6-29-16)25(24-18)14-2-4-17(30(23,27)28)13(8-14)10-26/h1-4,7-9,26H,5-6,10H2,(H2,23,27,28). The third-order valence-electron chi connectivity index (χ3n) is 4.75. The van der Waals surface area contributed by atoms with Crippen LogP contribution in [0.5, 0.6) is 0 Å². The molecule has 0 atom stereocenters. The van der Waals surface area contributed by atoms with E-state index < -0.39 is 28.5 Å². The van der Waals surface area contributed by atoms with Gasteiger partial charge in [-0.3, -0.25) is 0 Å². The molecule has 0 saturated carbocycles. The maximum atomic E-state index is 13.4. The molecule has 30 heavy (non-hydrogen) atoms. The van der Waals surface area contributed by atoms with Gasteiger partial charge in [0.15, 0.2) is 5.69 Å². The fraction of sp³-hybridized carbons (Fsp3) is 0.211. The molecule has 0 saturated heterocycles. The van der Waals surface area contributed by atoms with E-state index >= 15 is 0 Å². The highest BCUT2D eigenvalue weighted by Crippen LogP contribution is 2.37. The third kappa shape index (κ3) is 3.85. The minimum absolute atomic E-state index is 0.0321. The van der Waals surface area contributed by atoms with Crippen molar-refractivity contribution >= 4 is 21.8 Å². The summed E-state index contributed by atoms with van der Waals surface area (Å²) in [7, 11) is -4.10. The lowest BCUT2D eigenvalue weighted by molar-refractivity contribution is -0.141. The molecule has 1 aromatic heterocycles. The Bertz CT molecular complexity index is 1240. The van der Waals surface area contributed by atoms with Crippen LogP contribution < -0.4 is 5.14 Å². The average molecular weight is 455 g/mol. The summed E-state index contributed by atoms with van der Waals surface area (Å²) >= 11 is 1.69. The molecule has 1 aliphatic heterocycles. The molecule has 3 N–H and O–H groups in total. The largest absolute Gasteiger partial charge is 0.435 e. The number of sulfonamides is 1. The molecule has 1 aliphatic rings. The third-order valence-corrected chi connectivity index (χ3v) is 6.88. The summed E-state index contributed by atoms with van der Waals surface area (Å²) in [6, 6.07) is 10.1. The number of aliphatic hydroxyl groups is 1. The molecule has 11 heteroatoms. The van der Waals surface area contributed by atoms with Gasteiger partial charge in [-0.1, -0.05) is 6.07 Å². The number of fused-ring (bicyclic) bond motifs is 1. The van der Waals surface area contributed by atoms with Crippen LogP contribution >= 0.6 is 11.8 Å². The van der Waals surface area contributed by atoms with Crippen LogP contribution in [0.1, 0.15) is 16.8 Å². The molecule has 0 amide bonds. The highest BCUT2D eigenvalue weighted by atomic mass is 32.2.